The van der Waals surface area contributed by atoms with Gasteiger partial charge in [0.15, 0.2) is 0 Å². The summed E-state index contributed by atoms with van der Waals surface area (Å²) in [6.07, 6.45) is 0. The molecule has 5 nitrogen and oxygen atoms in total. The third kappa shape index (κ3) is 3.55. The molecule has 0 saturated heterocycles. The number of rotatable bonds is 4. The van der Waals surface area contributed by atoms with Gasteiger partial charge < -0.3 is 4.74 Å². The molecule has 0 amide bonds. The second kappa shape index (κ2) is 6.33. The Morgan fingerprint density at radius 2 is 2.14 bits per heavy atom. The minimum absolute atomic E-state index is 0.0604. The molecule has 0 heterocycles. The molecule has 0 unspecified atom stereocenters. The van der Waals surface area contributed by atoms with E-state index in [1.54, 1.807) is 6.07 Å². The summed E-state index contributed by atoms with van der Waals surface area (Å²) in [4.78, 5) is 10.4. The second-order valence-electron chi connectivity index (χ2n) is 4.09. The van der Waals surface area contributed by atoms with Crippen molar-refractivity contribution in [2.45, 2.75) is 6.61 Å². The molecule has 0 atom stereocenters. The molecule has 0 aliphatic carbocycles. The van der Waals surface area contributed by atoms with Crippen LogP contribution in [0.5, 0.6) is 5.75 Å². The van der Waals surface area contributed by atoms with E-state index >= 15 is 0 Å². The zero-order chi connectivity index (χ0) is 15.4. The first-order valence-electron chi connectivity index (χ1n) is 5.76. The van der Waals surface area contributed by atoms with Crippen LogP contribution in [-0.2, 0) is 6.61 Å². The fourth-order valence-corrected chi connectivity index (χ4v) is 2.21. The van der Waals surface area contributed by atoms with Crippen molar-refractivity contribution in [3.8, 4) is 11.8 Å². The average Bonchev–Trinajstić information content (AvgIpc) is 2.45. The van der Waals surface area contributed by atoms with Crippen molar-refractivity contribution in [1.82, 2.24) is 0 Å². The summed E-state index contributed by atoms with van der Waals surface area (Å²) in [5.74, 6) is -0.500. The number of nitriles is 1. The van der Waals surface area contributed by atoms with Crippen molar-refractivity contribution in [2.75, 3.05) is 0 Å². The first-order valence-corrected chi connectivity index (χ1v) is 6.56. The van der Waals surface area contributed by atoms with Crippen LogP contribution in [0, 0.1) is 27.3 Å². The van der Waals surface area contributed by atoms with Crippen molar-refractivity contribution in [2.24, 2.45) is 0 Å². The number of nitro benzene ring substituents is 1. The normalized spacial score (nSPS) is 9.95. The molecule has 7 heteroatoms. The van der Waals surface area contributed by atoms with Gasteiger partial charge in [0.2, 0.25) is 5.75 Å². The highest BCUT2D eigenvalue weighted by Gasteiger charge is 2.18. The molecule has 0 fully saturated rings. The maximum Gasteiger partial charge on any atom is 0.312 e. The van der Waals surface area contributed by atoms with Gasteiger partial charge in [0, 0.05) is 6.07 Å². The third-order valence-corrected chi connectivity index (χ3v) is 3.24. The molecule has 106 valence electrons. The molecule has 0 bridgehead atoms. The van der Waals surface area contributed by atoms with Crippen LogP contribution in [0.3, 0.4) is 0 Å². The van der Waals surface area contributed by atoms with Gasteiger partial charge in [-0.1, -0.05) is 6.07 Å². The summed E-state index contributed by atoms with van der Waals surface area (Å²) < 4.78 is 19.1. The van der Waals surface area contributed by atoms with Crippen LogP contribution in [0.2, 0.25) is 0 Å². The maximum absolute atomic E-state index is 13.3. The van der Waals surface area contributed by atoms with Gasteiger partial charge in [-0.25, -0.2) is 4.39 Å². The predicted octanol–water partition coefficient (Wildman–Crippen LogP) is 3.95. The van der Waals surface area contributed by atoms with Crippen LogP contribution >= 0.6 is 15.9 Å². The number of benzene rings is 2. The molecule has 0 N–H and O–H groups in total. The first-order chi connectivity index (χ1) is 10.0. The quantitative estimate of drug-likeness (QED) is 0.617. The Morgan fingerprint density at radius 3 is 2.81 bits per heavy atom. The van der Waals surface area contributed by atoms with Gasteiger partial charge in [-0.15, -0.1) is 0 Å². The molecule has 0 radical (unpaired) electrons. The van der Waals surface area contributed by atoms with E-state index in [9.17, 15) is 14.5 Å². The van der Waals surface area contributed by atoms with Crippen molar-refractivity contribution >= 4 is 21.6 Å². The Hall–Kier alpha value is -2.46. The number of halogens is 2. The monoisotopic (exact) mass is 350 g/mol. The summed E-state index contributed by atoms with van der Waals surface area (Å²) in [5, 5.41) is 19.7. The van der Waals surface area contributed by atoms with Gasteiger partial charge in [-0.3, -0.25) is 10.1 Å². The number of ether oxygens (including phenoxy) is 1. The molecule has 21 heavy (non-hydrogen) atoms. The van der Waals surface area contributed by atoms with E-state index in [0.717, 1.165) is 6.07 Å². The predicted molar refractivity (Wildman–Crippen MR) is 76.2 cm³/mol. The van der Waals surface area contributed by atoms with Crippen LogP contribution in [-0.4, -0.2) is 4.92 Å². The molecule has 0 spiro atoms. The van der Waals surface area contributed by atoms with Crippen LogP contribution in [0.1, 0.15) is 11.1 Å². The average molecular weight is 351 g/mol. The van der Waals surface area contributed by atoms with Crippen molar-refractivity contribution in [3.63, 3.8) is 0 Å². The summed E-state index contributed by atoms with van der Waals surface area (Å²) in [6.45, 7) is -0.0874. The Bertz CT molecular complexity index is 743. The minimum Gasteiger partial charge on any atom is -0.481 e. The van der Waals surface area contributed by atoms with Gasteiger partial charge in [0.1, 0.15) is 12.4 Å². The Morgan fingerprint density at radius 1 is 1.38 bits per heavy atom. The number of para-hydroxylation sites is 1. The molecular formula is C14H8BrFN2O3. The van der Waals surface area contributed by atoms with Gasteiger partial charge in [0.05, 0.1) is 21.0 Å². The van der Waals surface area contributed by atoms with Gasteiger partial charge >= 0.3 is 5.69 Å². The Labute approximate surface area is 127 Å². The lowest BCUT2D eigenvalue weighted by Crippen LogP contribution is -2.00. The lowest BCUT2D eigenvalue weighted by Gasteiger charge is -2.09. The van der Waals surface area contributed by atoms with Crippen LogP contribution < -0.4 is 4.74 Å². The van der Waals surface area contributed by atoms with Gasteiger partial charge in [-0.2, -0.15) is 5.26 Å². The molecule has 0 saturated carbocycles. The maximum atomic E-state index is 13.3. The van der Waals surface area contributed by atoms with Crippen molar-refractivity contribution in [3.05, 3.63) is 67.9 Å². The molecule has 2 aromatic rings. The number of hydrogen-bond donors (Lipinski definition) is 0. The highest BCUT2D eigenvalue weighted by atomic mass is 79.9. The number of nitro groups is 1. The second-order valence-corrected chi connectivity index (χ2v) is 4.95. The third-order valence-electron chi connectivity index (χ3n) is 2.61. The van der Waals surface area contributed by atoms with Crippen molar-refractivity contribution < 1.29 is 14.1 Å². The van der Waals surface area contributed by atoms with Crippen molar-refractivity contribution in [1.29, 1.82) is 5.26 Å². The Kier molecular flexibility index (Phi) is 4.50. The fourth-order valence-electron chi connectivity index (χ4n) is 1.74. The highest BCUT2D eigenvalue weighted by molar-refractivity contribution is 9.10. The van der Waals surface area contributed by atoms with Crippen LogP contribution in [0.25, 0.3) is 0 Å². The van der Waals surface area contributed by atoms with E-state index in [1.165, 1.54) is 24.3 Å². The van der Waals surface area contributed by atoms with E-state index in [4.69, 9.17) is 10.00 Å². The molecular weight excluding hydrogens is 343 g/mol. The van der Waals surface area contributed by atoms with E-state index < -0.39 is 10.7 Å². The zero-order valence-electron chi connectivity index (χ0n) is 10.5. The largest absolute Gasteiger partial charge is 0.481 e. The molecule has 0 aromatic heterocycles. The molecule has 0 aliphatic rings. The lowest BCUT2D eigenvalue weighted by molar-refractivity contribution is -0.386. The van der Waals surface area contributed by atoms with E-state index in [-0.39, 0.29) is 23.6 Å². The molecule has 2 aromatic carbocycles. The van der Waals surface area contributed by atoms with Gasteiger partial charge in [-0.05, 0) is 45.8 Å². The van der Waals surface area contributed by atoms with E-state index in [0.29, 0.717) is 10.0 Å². The summed E-state index contributed by atoms with van der Waals surface area (Å²) in [5.41, 5.74) is 0.383. The van der Waals surface area contributed by atoms with Crippen LogP contribution in [0.4, 0.5) is 10.1 Å². The van der Waals surface area contributed by atoms with Gasteiger partial charge in [0.25, 0.3) is 0 Å². The first kappa shape index (κ1) is 14.9. The summed E-state index contributed by atoms with van der Waals surface area (Å²) in [7, 11) is 0. The van der Waals surface area contributed by atoms with E-state index in [1.807, 2.05) is 6.07 Å². The lowest BCUT2D eigenvalue weighted by atomic mass is 10.1. The van der Waals surface area contributed by atoms with E-state index in [2.05, 4.69) is 15.9 Å². The number of hydrogen-bond acceptors (Lipinski definition) is 4. The standard InChI is InChI=1S/C14H8BrFN2O3/c15-12-2-1-3-13(18(19)20)14(12)21-8-10-4-9(7-17)5-11(16)6-10/h1-6H,8H2. The number of nitrogens with zero attached hydrogens (tertiary/aromatic N) is 2. The zero-order valence-corrected chi connectivity index (χ0v) is 12.1. The highest BCUT2D eigenvalue weighted by Crippen LogP contribution is 2.35. The Balaban J connectivity index is 2.27. The summed E-state index contributed by atoms with van der Waals surface area (Å²) in [6, 6.07) is 10.0. The summed E-state index contributed by atoms with van der Waals surface area (Å²) >= 11 is 3.18. The van der Waals surface area contributed by atoms with Crippen LogP contribution in [0.15, 0.2) is 40.9 Å². The minimum atomic E-state index is -0.563. The molecule has 2 rings (SSSR count). The SMILES string of the molecule is N#Cc1cc(F)cc(COc2c(Br)cccc2[N+](=O)[O-])c1. The topological polar surface area (TPSA) is 76.2 Å². The fraction of sp³-hybridized carbons (Fsp3) is 0.0714. The molecule has 0 aliphatic heterocycles. The smallest absolute Gasteiger partial charge is 0.312 e.